The van der Waals surface area contributed by atoms with Crippen LogP contribution in [0.4, 0.5) is 0 Å². The van der Waals surface area contributed by atoms with E-state index in [4.69, 9.17) is 26.9 Å². The molecule has 9 heteroatoms. The number of ether oxygens (including phenoxy) is 1. The lowest BCUT2D eigenvalue weighted by Gasteiger charge is -2.25. The van der Waals surface area contributed by atoms with Crippen LogP contribution in [0.15, 0.2) is 30.4 Å². The monoisotopic (exact) mass is 478 g/mol. The predicted molar refractivity (Wildman–Crippen MR) is 126 cm³/mol. The molecule has 1 aromatic carbocycles. The molecule has 180 valence electrons. The van der Waals surface area contributed by atoms with E-state index in [9.17, 15) is 19.8 Å². The van der Waals surface area contributed by atoms with E-state index in [1.54, 1.807) is 11.0 Å². The Morgan fingerprint density at radius 1 is 1.06 bits per heavy atom. The second-order valence-corrected chi connectivity index (χ2v) is 8.14. The van der Waals surface area contributed by atoms with Gasteiger partial charge in [-0.2, -0.15) is 0 Å². The number of piperidine rings is 1. The van der Waals surface area contributed by atoms with Crippen molar-refractivity contribution >= 4 is 29.2 Å². The quantitative estimate of drug-likeness (QED) is 0.359. The van der Waals surface area contributed by atoms with Gasteiger partial charge in [0.05, 0.1) is 11.6 Å². The van der Waals surface area contributed by atoms with E-state index in [-0.39, 0.29) is 53.2 Å². The minimum absolute atomic E-state index is 0.0115. The van der Waals surface area contributed by atoms with Crippen LogP contribution in [0, 0.1) is 5.41 Å². The third-order valence-electron chi connectivity index (χ3n) is 5.24. The van der Waals surface area contributed by atoms with Crippen molar-refractivity contribution in [2.75, 3.05) is 26.3 Å². The van der Waals surface area contributed by atoms with Gasteiger partial charge in [0.25, 0.3) is 0 Å². The van der Waals surface area contributed by atoms with Crippen LogP contribution >= 0.6 is 11.6 Å². The summed E-state index contributed by atoms with van der Waals surface area (Å²) in [6.07, 6.45) is 13.0. The van der Waals surface area contributed by atoms with E-state index in [1.807, 2.05) is 18.2 Å². The number of aliphatic hydroxyl groups excluding tert-OH is 1. The maximum atomic E-state index is 12.2. The Morgan fingerprint density at radius 2 is 1.73 bits per heavy atom. The molecule has 3 rings (SSSR count). The third kappa shape index (κ3) is 8.22. The first-order chi connectivity index (χ1) is 15.8. The van der Waals surface area contributed by atoms with Gasteiger partial charge in [0.2, 0.25) is 5.91 Å². The number of cyclic esters (lactones) is 1. The number of nitrogens with one attached hydrogen (secondary N) is 1. The van der Waals surface area contributed by atoms with Crippen LogP contribution in [0.1, 0.15) is 54.4 Å². The number of aromatic hydroxyl groups is 2. The minimum Gasteiger partial charge on any atom is -0.507 e. The molecule has 1 aromatic rings. The van der Waals surface area contributed by atoms with Crippen molar-refractivity contribution in [1.29, 1.82) is 5.41 Å². The highest BCUT2D eigenvalue weighted by atomic mass is 35.5. The van der Waals surface area contributed by atoms with E-state index >= 15 is 0 Å². The number of nitrogens with zero attached hydrogens (tertiary/aromatic N) is 1. The van der Waals surface area contributed by atoms with Gasteiger partial charge in [-0.1, -0.05) is 29.8 Å². The summed E-state index contributed by atoms with van der Waals surface area (Å²) in [4.78, 5) is 24.8. The molecule has 0 unspecified atom stereocenters. The number of fused-ring (bicyclic) bond motifs is 1. The van der Waals surface area contributed by atoms with E-state index < -0.39 is 11.7 Å². The predicted octanol–water partition coefficient (Wildman–Crippen LogP) is 3.76. The standard InChI is InChI=1S/C17H18ClNO4.C7H13NO2/c18-16-12-9-11(19)7-5-3-1-2-4-6-8-23-17(22)15(12)13(20)10-14(16)21;9-6-7(10)8-4-2-1-3-5-8/h2,4-5,7,10,19-21H,1,3,6,8-9H2;9H,1-6H2/b4-2-,7-5+,19-11?;. The summed E-state index contributed by atoms with van der Waals surface area (Å²) in [5, 5.41) is 36.2. The summed E-state index contributed by atoms with van der Waals surface area (Å²) in [5.74, 6) is -1.59. The van der Waals surface area contributed by atoms with Gasteiger partial charge >= 0.3 is 5.97 Å². The SMILES string of the molecule is N=C1/C=C/CC/C=C\CCOC(=O)c2c(O)cc(O)c(Cl)c2C1.O=C(CO)N1CCCCC1. The van der Waals surface area contributed by atoms with Crippen molar-refractivity contribution in [2.24, 2.45) is 0 Å². The number of benzene rings is 1. The largest absolute Gasteiger partial charge is 0.507 e. The van der Waals surface area contributed by atoms with E-state index in [1.165, 1.54) is 6.42 Å². The van der Waals surface area contributed by atoms with Gasteiger partial charge in [-0.05, 0) is 50.2 Å². The molecule has 33 heavy (non-hydrogen) atoms. The first kappa shape index (κ1) is 26.4. The number of aliphatic hydroxyl groups is 1. The van der Waals surface area contributed by atoms with Crippen molar-refractivity contribution in [2.45, 2.75) is 44.9 Å². The minimum atomic E-state index is -0.721. The number of amides is 1. The number of rotatable bonds is 1. The average molecular weight is 479 g/mol. The zero-order valence-electron chi connectivity index (χ0n) is 18.6. The van der Waals surface area contributed by atoms with Gasteiger partial charge in [-0.25, -0.2) is 4.79 Å². The number of phenolic OH excluding ortho intramolecular Hbond substituents is 2. The highest BCUT2D eigenvalue weighted by Gasteiger charge is 2.24. The Kier molecular flexibility index (Phi) is 10.9. The molecule has 0 aliphatic carbocycles. The Bertz CT molecular complexity index is 907. The van der Waals surface area contributed by atoms with Gasteiger partial charge in [-0.15, -0.1) is 0 Å². The number of hydrogen-bond donors (Lipinski definition) is 4. The number of carbonyl (C=O) groups is 2. The number of esters is 1. The van der Waals surface area contributed by atoms with Crippen molar-refractivity contribution in [1.82, 2.24) is 4.90 Å². The maximum Gasteiger partial charge on any atom is 0.342 e. The van der Waals surface area contributed by atoms with Crippen LogP contribution < -0.4 is 0 Å². The highest BCUT2D eigenvalue weighted by molar-refractivity contribution is 6.33. The van der Waals surface area contributed by atoms with Crippen LogP contribution in [-0.4, -0.2) is 64.1 Å². The molecule has 0 atom stereocenters. The van der Waals surface area contributed by atoms with E-state index in [0.29, 0.717) is 6.42 Å². The molecule has 0 radical (unpaired) electrons. The molecule has 4 N–H and O–H groups in total. The van der Waals surface area contributed by atoms with Gasteiger partial charge < -0.3 is 30.4 Å². The number of halogens is 1. The molecule has 1 fully saturated rings. The van der Waals surface area contributed by atoms with Crippen molar-refractivity contribution in [3.8, 4) is 11.5 Å². The fraction of sp³-hybridized carbons (Fsp3) is 0.458. The van der Waals surface area contributed by atoms with E-state index in [0.717, 1.165) is 44.8 Å². The zero-order chi connectivity index (χ0) is 24.2. The van der Waals surface area contributed by atoms with Crippen LogP contribution in [0.5, 0.6) is 11.5 Å². The molecule has 0 bridgehead atoms. The molecule has 2 aliphatic heterocycles. The van der Waals surface area contributed by atoms with Crippen molar-refractivity contribution < 1.29 is 29.6 Å². The second kappa shape index (κ2) is 13.6. The number of allylic oxidation sites excluding steroid dienone is 3. The molecule has 2 aliphatic rings. The van der Waals surface area contributed by atoms with Gasteiger partial charge in [-0.3, -0.25) is 4.79 Å². The summed E-state index contributed by atoms with van der Waals surface area (Å²) in [5.41, 5.74) is 0.301. The van der Waals surface area contributed by atoms with Crippen molar-refractivity contribution in [3.05, 3.63) is 46.5 Å². The van der Waals surface area contributed by atoms with Crippen LogP contribution in [0.3, 0.4) is 0 Å². The van der Waals surface area contributed by atoms with Crippen LogP contribution in [0.25, 0.3) is 0 Å². The lowest BCUT2D eigenvalue weighted by molar-refractivity contribution is -0.135. The smallest absolute Gasteiger partial charge is 0.342 e. The zero-order valence-corrected chi connectivity index (χ0v) is 19.3. The highest BCUT2D eigenvalue weighted by Crippen LogP contribution is 2.37. The maximum absolute atomic E-state index is 12.2. The molecule has 0 spiro atoms. The van der Waals surface area contributed by atoms with Gasteiger partial charge in [0.15, 0.2) is 0 Å². The van der Waals surface area contributed by atoms with Gasteiger partial charge in [0, 0.05) is 31.3 Å². The average Bonchev–Trinajstić information content (AvgIpc) is 2.81. The molecular weight excluding hydrogens is 448 g/mol. The van der Waals surface area contributed by atoms with E-state index in [2.05, 4.69) is 0 Å². The molecule has 2 heterocycles. The molecule has 8 nitrogen and oxygen atoms in total. The number of carbonyl (C=O) groups excluding carboxylic acids is 2. The summed E-state index contributed by atoms with van der Waals surface area (Å²) in [7, 11) is 0. The van der Waals surface area contributed by atoms with Crippen LogP contribution in [0.2, 0.25) is 5.02 Å². The Morgan fingerprint density at radius 3 is 2.42 bits per heavy atom. The second-order valence-electron chi connectivity index (χ2n) is 7.76. The van der Waals surface area contributed by atoms with Crippen molar-refractivity contribution in [3.63, 3.8) is 0 Å². The lowest BCUT2D eigenvalue weighted by Crippen LogP contribution is -2.37. The molecule has 0 saturated carbocycles. The molecular formula is C24H31ClN2O6. The molecule has 0 aromatic heterocycles. The molecule has 1 saturated heterocycles. The summed E-state index contributed by atoms with van der Waals surface area (Å²) < 4.78 is 5.15. The molecule has 1 amide bonds. The summed E-state index contributed by atoms with van der Waals surface area (Å²) in [6.45, 7) is 1.51. The third-order valence-corrected chi connectivity index (χ3v) is 5.66. The number of phenols is 2. The first-order valence-electron chi connectivity index (χ1n) is 11.0. The normalized spacial score (nSPS) is 19.3. The summed E-state index contributed by atoms with van der Waals surface area (Å²) in [6, 6.07) is 1.00. The fourth-order valence-electron chi connectivity index (χ4n) is 3.52. The Balaban J connectivity index is 0.000000321. The Hall–Kier alpha value is -2.84. The Labute approximate surface area is 198 Å². The number of hydrogen-bond acceptors (Lipinski definition) is 7. The van der Waals surface area contributed by atoms with Gasteiger partial charge in [0.1, 0.15) is 23.7 Å². The van der Waals surface area contributed by atoms with Crippen LogP contribution in [-0.2, 0) is 16.0 Å². The summed E-state index contributed by atoms with van der Waals surface area (Å²) >= 11 is 6.06. The fourth-order valence-corrected chi connectivity index (χ4v) is 3.73. The number of likely N-dealkylation sites (tertiary alicyclic amines) is 1. The lowest BCUT2D eigenvalue weighted by atomic mass is 9.99. The first-order valence-corrected chi connectivity index (χ1v) is 11.4. The topological polar surface area (TPSA) is 131 Å².